The number of nitrogens with zero attached hydrogens (tertiary/aromatic N) is 2. The van der Waals surface area contributed by atoms with Crippen LogP contribution in [0, 0.1) is 5.92 Å². The van der Waals surface area contributed by atoms with Gasteiger partial charge in [-0.2, -0.15) is 5.10 Å². The van der Waals surface area contributed by atoms with E-state index in [-0.39, 0.29) is 24.3 Å². The number of hydrogen-bond donors (Lipinski definition) is 3. The van der Waals surface area contributed by atoms with E-state index < -0.39 is 6.10 Å². The number of aryl methyl sites for hydroxylation is 1. The molecule has 1 aliphatic heterocycles. The van der Waals surface area contributed by atoms with Crippen LogP contribution in [0.15, 0.2) is 42.7 Å². The molecule has 0 aliphatic carbocycles. The number of carbonyl (C=O) groups is 1. The molecular weight excluding hydrogens is 348 g/mol. The predicted molar refractivity (Wildman–Crippen MR) is 102 cm³/mol. The molecule has 3 atom stereocenters. The highest BCUT2D eigenvalue weighted by Gasteiger charge is 2.34. The first kappa shape index (κ1) is 17.2. The first-order chi connectivity index (χ1) is 12.6. The maximum Gasteiger partial charge on any atom is 0.225 e. The van der Waals surface area contributed by atoms with Gasteiger partial charge in [0.15, 0.2) is 0 Å². The molecule has 1 saturated heterocycles. The molecule has 1 unspecified atom stereocenters. The van der Waals surface area contributed by atoms with E-state index in [1.54, 1.807) is 16.0 Å². The van der Waals surface area contributed by atoms with Gasteiger partial charge in [-0.15, -0.1) is 11.3 Å². The van der Waals surface area contributed by atoms with Crippen LogP contribution in [0.5, 0.6) is 0 Å². The van der Waals surface area contributed by atoms with E-state index in [0.29, 0.717) is 6.54 Å². The summed E-state index contributed by atoms with van der Waals surface area (Å²) >= 11 is 1.56. The summed E-state index contributed by atoms with van der Waals surface area (Å²) in [5.74, 6) is -0.0528. The number of fused-ring (bicyclic) bond motifs is 1. The molecule has 1 aliphatic rings. The van der Waals surface area contributed by atoms with Crippen molar-refractivity contribution in [2.75, 3.05) is 19.6 Å². The highest BCUT2D eigenvalue weighted by atomic mass is 32.1. The Morgan fingerprint density at radius 2 is 2.31 bits per heavy atom. The Morgan fingerprint density at radius 1 is 1.46 bits per heavy atom. The van der Waals surface area contributed by atoms with Gasteiger partial charge in [-0.25, -0.2) is 0 Å². The Morgan fingerprint density at radius 3 is 3.08 bits per heavy atom. The molecule has 7 heteroatoms. The van der Waals surface area contributed by atoms with Gasteiger partial charge in [-0.05, 0) is 23.1 Å². The van der Waals surface area contributed by atoms with E-state index in [1.165, 1.54) is 0 Å². The highest BCUT2D eigenvalue weighted by Crippen LogP contribution is 2.30. The molecule has 136 valence electrons. The third kappa shape index (κ3) is 3.38. The molecule has 1 fully saturated rings. The molecule has 1 aromatic carbocycles. The fourth-order valence-corrected chi connectivity index (χ4v) is 4.58. The van der Waals surface area contributed by atoms with Crippen LogP contribution in [-0.2, 0) is 11.8 Å². The number of nitrogens with one attached hydrogen (secondary N) is 2. The van der Waals surface area contributed by atoms with E-state index in [2.05, 4.69) is 15.7 Å². The molecule has 0 saturated carbocycles. The lowest BCUT2D eigenvalue weighted by Gasteiger charge is -2.18. The van der Waals surface area contributed by atoms with Crippen molar-refractivity contribution in [2.45, 2.75) is 12.0 Å². The van der Waals surface area contributed by atoms with Gasteiger partial charge >= 0.3 is 0 Å². The number of hydrogen-bond acceptors (Lipinski definition) is 5. The van der Waals surface area contributed by atoms with Crippen LogP contribution in [0.3, 0.4) is 0 Å². The van der Waals surface area contributed by atoms with Crippen molar-refractivity contribution in [1.82, 2.24) is 20.4 Å². The van der Waals surface area contributed by atoms with Gasteiger partial charge in [0, 0.05) is 48.4 Å². The van der Waals surface area contributed by atoms with Gasteiger partial charge in [0.1, 0.15) is 6.10 Å². The summed E-state index contributed by atoms with van der Waals surface area (Å²) in [5, 5.41) is 22.0. The highest BCUT2D eigenvalue weighted by molar-refractivity contribution is 7.19. The average molecular weight is 370 g/mol. The summed E-state index contributed by atoms with van der Waals surface area (Å²) in [5.41, 5.74) is 1.07. The summed E-state index contributed by atoms with van der Waals surface area (Å²) in [7, 11) is 1.88. The lowest BCUT2D eigenvalue weighted by atomic mass is 9.90. The number of carbonyl (C=O) groups excluding carboxylic acids is 1. The van der Waals surface area contributed by atoms with Crippen molar-refractivity contribution in [3.05, 3.63) is 53.2 Å². The zero-order chi connectivity index (χ0) is 18.1. The van der Waals surface area contributed by atoms with Crippen molar-refractivity contribution in [2.24, 2.45) is 13.0 Å². The summed E-state index contributed by atoms with van der Waals surface area (Å²) in [6.45, 7) is 1.63. The molecule has 0 radical (unpaired) electrons. The molecule has 3 aromatic rings. The van der Waals surface area contributed by atoms with Crippen LogP contribution in [0.4, 0.5) is 0 Å². The van der Waals surface area contributed by atoms with Crippen molar-refractivity contribution in [1.29, 1.82) is 0 Å². The summed E-state index contributed by atoms with van der Waals surface area (Å²) in [4.78, 5) is 13.5. The Kier molecular flexibility index (Phi) is 4.76. The second kappa shape index (κ2) is 7.19. The number of benzene rings is 1. The normalized spacial score (nSPS) is 21.2. The minimum Gasteiger partial charge on any atom is -0.386 e. The fraction of sp³-hybridized carbons (Fsp3) is 0.368. The fourth-order valence-electron chi connectivity index (χ4n) is 3.53. The maximum absolute atomic E-state index is 12.7. The van der Waals surface area contributed by atoms with Gasteiger partial charge < -0.3 is 15.7 Å². The molecule has 26 heavy (non-hydrogen) atoms. The van der Waals surface area contributed by atoms with Crippen molar-refractivity contribution >= 4 is 27.3 Å². The Balaban J connectivity index is 1.39. The molecule has 6 nitrogen and oxygen atoms in total. The minimum atomic E-state index is -0.692. The van der Waals surface area contributed by atoms with E-state index in [9.17, 15) is 9.90 Å². The standard InChI is InChI=1S/C19H22N4O2S/c1-23-11-13(7-22-23)14-8-20-9-15(14)19(25)21-10-16(24)18-6-12-4-2-3-5-17(12)26-18/h2-7,11,14-16,20,24H,8-10H2,1H3,(H,21,25)/t14-,15+,16?/m1/s1. The number of rotatable bonds is 5. The minimum absolute atomic E-state index is 0.0241. The predicted octanol–water partition coefficient (Wildman–Crippen LogP) is 1.79. The second-order valence-corrected chi connectivity index (χ2v) is 7.88. The van der Waals surface area contributed by atoms with Crippen LogP contribution in [0.2, 0.25) is 0 Å². The Bertz CT molecular complexity index is 886. The first-order valence-corrected chi connectivity index (χ1v) is 9.57. The molecule has 3 N–H and O–H groups in total. The van der Waals surface area contributed by atoms with Crippen LogP contribution in [0.1, 0.15) is 22.5 Å². The first-order valence-electron chi connectivity index (χ1n) is 8.75. The van der Waals surface area contributed by atoms with Gasteiger partial charge in [-0.1, -0.05) is 18.2 Å². The second-order valence-electron chi connectivity index (χ2n) is 6.77. The zero-order valence-corrected chi connectivity index (χ0v) is 15.4. The topological polar surface area (TPSA) is 79.2 Å². The summed E-state index contributed by atoms with van der Waals surface area (Å²) < 4.78 is 2.90. The molecular formula is C19H22N4O2S. The summed E-state index contributed by atoms with van der Waals surface area (Å²) in [6, 6.07) is 10.0. The smallest absolute Gasteiger partial charge is 0.225 e. The quantitative estimate of drug-likeness (QED) is 0.640. The molecule has 4 rings (SSSR count). The Labute approximate surface area is 155 Å². The van der Waals surface area contributed by atoms with Gasteiger partial charge in [-0.3, -0.25) is 9.48 Å². The third-order valence-corrected chi connectivity index (χ3v) is 6.16. The third-order valence-electron chi connectivity index (χ3n) is 4.95. The van der Waals surface area contributed by atoms with E-state index >= 15 is 0 Å². The number of thiophene rings is 1. The number of aromatic nitrogens is 2. The van der Waals surface area contributed by atoms with Crippen LogP contribution >= 0.6 is 11.3 Å². The van der Waals surface area contributed by atoms with Crippen LogP contribution in [-0.4, -0.2) is 40.4 Å². The van der Waals surface area contributed by atoms with E-state index in [0.717, 1.165) is 27.1 Å². The van der Waals surface area contributed by atoms with E-state index in [4.69, 9.17) is 0 Å². The molecule has 0 spiro atoms. The molecule has 2 aromatic heterocycles. The van der Waals surface area contributed by atoms with Gasteiger partial charge in [0.2, 0.25) is 5.91 Å². The monoisotopic (exact) mass is 370 g/mol. The summed E-state index contributed by atoms with van der Waals surface area (Å²) in [6.07, 6.45) is 3.09. The van der Waals surface area contributed by atoms with Crippen LogP contribution < -0.4 is 10.6 Å². The number of aliphatic hydroxyl groups is 1. The molecule has 3 heterocycles. The molecule has 1 amide bonds. The van der Waals surface area contributed by atoms with Crippen molar-refractivity contribution in [3.8, 4) is 0 Å². The SMILES string of the molecule is Cn1cc([C@H]2CNC[C@@H]2C(=O)NCC(O)c2cc3ccccc3s2)cn1. The Hall–Kier alpha value is -2.22. The van der Waals surface area contributed by atoms with Gasteiger partial charge in [0.05, 0.1) is 12.1 Å². The van der Waals surface area contributed by atoms with Crippen molar-refractivity contribution in [3.63, 3.8) is 0 Å². The molecule has 0 bridgehead atoms. The van der Waals surface area contributed by atoms with Crippen molar-refractivity contribution < 1.29 is 9.90 Å². The zero-order valence-electron chi connectivity index (χ0n) is 14.6. The van der Waals surface area contributed by atoms with Crippen LogP contribution in [0.25, 0.3) is 10.1 Å². The maximum atomic E-state index is 12.7. The lowest BCUT2D eigenvalue weighted by Crippen LogP contribution is -2.36. The van der Waals surface area contributed by atoms with E-state index in [1.807, 2.05) is 49.8 Å². The average Bonchev–Trinajstić information content (AvgIpc) is 3.37. The van der Waals surface area contributed by atoms with Gasteiger partial charge in [0.25, 0.3) is 0 Å². The number of aliphatic hydroxyl groups excluding tert-OH is 1. The largest absolute Gasteiger partial charge is 0.386 e. The lowest BCUT2D eigenvalue weighted by molar-refractivity contribution is -0.125. The number of amides is 1.